The molecule has 11 heteroatoms. The monoisotopic (exact) mass is 530 g/mol. The zero-order valence-electron chi connectivity index (χ0n) is 21.4. The van der Waals surface area contributed by atoms with Crippen LogP contribution >= 0.6 is 0 Å². The minimum atomic E-state index is -2.94. The highest BCUT2D eigenvalue weighted by molar-refractivity contribution is 5.96. The number of aliphatic hydroxyl groups excluding tert-OH is 1. The number of fused-ring (bicyclic) bond motifs is 1. The van der Waals surface area contributed by atoms with E-state index in [2.05, 4.69) is 25.2 Å². The van der Waals surface area contributed by atoms with E-state index in [1.54, 1.807) is 23.7 Å². The molecular weight excluding hydrogens is 497 g/mol. The number of amides is 1. The number of aliphatic hydroxyl groups is 1. The number of carbonyl (C=O) groups excluding carboxylic acids is 1. The Morgan fingerprint density at radius 2 is 1.87 bits per heavy atom. The topological polar surface area (TPSA) is 86.0 Å². The molecule has 2 fully saturated rings. The lowest BCUT2D eigenvalue weighted by Gasteiger charge is -2.39. The van der Waals surface area contributed by atoms with Gasteiger partial charge in [-0.3, -0.25) is 4.79 Å². The van der Waals surface area contributed by atoms with Crippen molar-refractivity contribution in [1.82, 2.24) is 24.8 Å². The maximum Gasteiger partial charge on any atom is 0.266 e. The fourth-order valence-corrected chi connectivity index (χ4v) is 5.63. The highest BCUT2D eigenvalue weighted by Gasteiger charge is 2.28. The van der Waals surface area contributed by atoms with Crippen LogP contribution in [0.15, 0.2) is 36.8 Å². The van der Waals surface area contributed by atoms with Crippen molar-refractivity contribution in [1.29, 1.82) is 0 Å². The Morgan fingerprint density at radius 1 is 1.11 bits per heavy atom. The van der Waals surface area contributed by atoms with Crippen molar-refractivity contribution in [3.63, 3.8) is 0 Å². The predicted molar refractivity (Wildman–Crippen MR) is 137 cm³/mol. The number of halogens is 3. The second-order valence-corrected chi connectivity index (χ2v) is 10.2. The molecule has 0 bridgehead atoms. The summed E-state index contributed by atoms with van der Waals surface area (Å²) in [6.45, 7) is 5.06. The van der Waals surface area contributed by atoms with Crippen molar-refractivity contribution in [2.45, 2.75) is 63.6 Å². The fraction of sp³-hybridized carbons (Fsp3) is 0.519. The first-order valence-corrected chi connectivity index (χ1v) is 13.2. The molecule has 2 aromatic heterocycles. The first kappa shape index (κ1) is 26.4. The van der Waals surface area contributed by atoms with Gasteiger partial charge in [-0.05, 0) is 51.6 Å². The number of hydrogen-bond acceptors (Lipinski definition) is 6. The van der Waals surface area contributed by atoms with E-state index in [1.807, 2.05) is 0 Å². The zero-order valence-corrected chi connectivity index (χ0v) is 21.4. The van der Waals surface area contributed by atoms with Gasteiger partial charge in [-0.25, -0.2) is 22.7 Å². The highest BCUT2D eigenvalue weighted by Crippen LogP contribution is 2.30. The summed E-state index contributed by atoms with van der Waals surface area (Å²) in [4.78, 5) is 22.3. The summed E-state index contributed by atoms with van der Waals surface area (Å²) in [7, 11) is 0. The molecular formula is C27H33F3N6O2. The molecule has 2 saturated heterocycles. The van der Waals surface area contributed by atoms with Crippen LogP contribution in [0.3, 0.4) is 0 Å². The van der Waals surface area contributed by atoms with Gasteiger partial charge in [0.2, 0.25) is 0 Å². The second-order valence-electron chi connectivity index (χ2n) is 10.2. The SMILES string of the molecule is C[C@@H](NC(=O)c1cc(N2CCC(N3CCCC(O)CC3)CC2)c2ncnn2c1)c1cccc(C(F)F)c1F. The number of aromatic nitrogens is 3. The average molecular weight is 531 g/mol. The Hall–Kier alpha value is -3.18. The van der Waals surface area contributed by atoms with E-state index < -0.39 is 29.8 Å². The molecule has 8 nitrogen and oxygen atoms in total. The standard InChI is InChI=1S/C27H33F3N6O2/c1-17(21-5-2-6-22(24(21)28)25(29)30)33-27(38)18-14-23(26-31-16-32-36(26)15-18)35-11-7-19(8-12-35)34-10-3-4-20(37)9-13-34/h2,5-6,14-17,19-20,25,37H,3-4,7-13H2,1H3,(H,33,38)/t17-,20?/m1/s1. The number of carbonyl (C=O) groups is 1. The number of anilines is 1. The van der Waals surface area contributed by atoms with Gasteiger partial charge in [0, 0.05) is 37.4 Å². The number of pyridine rings is 1. The summed E-state index contributed by atoms with van der Waals surface area (Å²) >= 11 is 0. The number of benzene rings is 1. The third-order valence-corrected chi connectivity index (χ3v) is 7.78. The molecule has 1 amide bonds. The van der Waals surface area contributed by atoms with Gasteiger partial charge >= 0.3 is 0 Å². The maximum atomic E-state index is 14.6. The quantitative estimate of drug-likeness (QED) is 0.499. The van der Waals surface area contributed by atoms with Crippen LogP contribution in [0.4, 0.5) is 18.9 Å². The van der Waals surface area contributed by atoms with Gasteiger partial charge in [-0.2, -0.15) is 5.10 Å². The number of likely N-dealkylation sites (tertiary alicyclic amines) is 1. The molecule has 2 N–H and O–H groups in total. The van der Waals surface area contributed by atoms with E-state index in [0.717, 1.165) is 70.0 Å². The average Bonchev–Trinajstić information content (AvgIpc) is 3.28. The van der Waals surface area contributed by atoms with Crippen molar-refractivity contribution in [2.75, 3.05) is 31.1 Å². The van der Waals surface area contributed by atoms with E-state index in [-0.39, 0.29) is 11.7 Å². The van der Waals surface area contributed by atoms with Crippen LogP contribution in [0.2, 0.25) is 0 Å². The van der Waals surface area contributed by atoms with Gasteiger partial charge < -0.3 is 20.2 Å². The molecule has 3 aromatic rings. The van der Waals surface area contributed by atoms with Gasteiger partial charge in [0.1, 0.15) is 12.1 Å². The minimum Gasteiger partial charge on any atom is -0.393 e. The third-order valence-electron chi connectivity index (χ3n) is 7.78. The molecule has 1 unspecified atom stereocenters. The van der Waals surface area contributed by atoms with Crippen LogP contribution in [-0.2, 0) is 0 Å². The maximum absolute atomic E-state index is 14.6. The summed E-state index contributed by atoms with van der Waals surface area (Å²) in [5, 5.41) is 16.9. The molecule has 1 aromatic carbocycles. The van der Waals surface area contributed by atoms with E-state index in [1.165, 1.54) is 18.5 Å². The van der Waals surface area contributed by atoms with E-state index in [0.29, 0.717) is 17.3 Å². The van der Waals surface area contributed by atoms with Crippen molar-refractivity contribution in [3.05, 3.63) is 59.3 Å². The molecule has 38 heavy (non-hydrogen) atoms. The second kappa shape index (κ2) is 11.3. The molecule has 2 atom stereocenters. The molecule has 0 spiro atoms. The van der Waals surface area contributed by atoms with Crippen LogP contribution in [0, 0.1) is 5.82 Å². The van der Waals surface area contributed by atoms with E-state index in [9.17, 15) is 23.1 Å². The highest BCUT2D eigenvalue weighted by atomic mass is 19.3. The third kappa shape index (κ3) is 5.49. The van der Waals surface area contributed by atoms with Crippen LogP contribution in [0.5, 0.6) is 0 Å². The molecule has 0 saturated carbocycles. The van der Waals surface area contributed by atoms with Crippen molar-refractivity contribution in [2.24, 2.45) is 0 Å². The molecule has 204 valence electrons. The number of nitrogens with zero attached hydrogens (tertiary/aromatic N) is 5. The van der Waals surface area contributed by atoms with E-state index >= 15 is 0 Å². The lowest BCUT2D eigenvalue weighted by molar-refractivity contribution is 0.0938. The largest absolute Gasteiger partial charge is 0.393 e. The Balaban J connectivity index is 1.31. The molecule has 2 aliphatic heterocycles. The number of alkyl halides is 2. The first-order valence-electron chi connectivity index (χ1n) is 13.2. The van der Waals surface area contributed by atoms with Crippen LogP contribution in [0.25, 0.3) is 5.65 Å². The zero-order chi connectivity index (χ0) is 26.8. The number of nitrogens with one attached hydrogen (secondary N) is 1. The number of piperidine rings is 1. The Bertz CT molecular complexity index is 1280. The predicted octanol–water partition coefficient (Wildman–Crippen LogP) is 4.11. The summed E-state index contributed by atoms with van der Waals surface area (Å²) in [6.07, 6.45) is 4.46. The Kier molecular flexibility index (Phi) is 7.85. The number of hydrogen-bond donors (Lipinski definition) is 2. The van der Waals surface area contributed by atoms with Gasteiger partial charge in [0.15, 0.2) is 5.65 Å². The van der Waals surface area contributed by atoms with Gasteiger partial charge in [0.25, 0.3) is 12.3 Å². The molecule has 0 aliphatic carbocycles. The van der Waals surface area contributed by atoms with Crippen LogP contribution in [-0.4, -0.2) is 68.8 Å². The summed E-state index contributed by atoms with van der Waals surface area (Å²) in [5.74, 6) is -1.47. The van der Waals surface area contributed by atoms with Gasteiger partial charge in [0.05, 0.1) is 29.0 Å². The van der Waals surface area contributed by atoms with Crippen LogP contribution < -0.4 is 10.2 Å². The lowest BCUT2D eigenvalue weighted by Crippen LogP contribution is -2.45. The normalized spacial score (nSPS) is 20.6. The Labute approximate surface area is 219 Å². The molecule has 0 radical (unpaired) electrons. The van der Waals surface area contributed by atoms with E-state index in [4.69, 9.17) is 0 Å². The Morgan fingerprint density at radius 3 is 2.63 bits per heavy atom. The number of rotatable bonds is 6. The van der Waals surface area contributed by atoms with Gasteiger partial charge in [-0.15, -0.1) is 0 Å². The first-order chi connectivity index (χ1) is 18.3. The smallest absolute Gasteiger partial charge is 0.266 e. The van der Waals surface area contributed by atoms with Crippen molar-refractivity contribution >= 4 is 17.2 Å². The molecule has 5 rings (SSSR count). The minimum absolute atomic E-state index is 0.00121. The van der Waals surface area contributed by atoms with Gasteiger partial charge in [-0.1, -0.05) is 18.2 Å². The van der Waals surface area contributed by atoms with Crippen molar-refractivity contribution in [3.8, 4) is 0 Å². The lowest BCUT2D eigenvalue weighted by atomic mass is 10.0. The van der Waals surface area contributed by atoms with Crippen LogP contribution in [0.1, 0.15) is 73.0 Å². The summed E-state index contributed by atoms with van der Waals surface area (Å²) < 4.78 is 42.5. The fourth-order valence-electron chi connectivity index (χ4n) is 5.63. The summed E-state index contributed by atoms with van der Waals surface area (Å²) in [6, 6.07) is 5.20. The molecule has 4 heterocycles. The van der Waals surface area contributed by atoms with Crippen molar-refractivity contribution < 1.29 is 23.1 Å². The summed E-state index contributed by atoms with van der Waals surface area (Å²) in [5.41, 5.74) is 1.06. The molecule has 2 aliphatic rings.